The van der Waals surface area contributed by atoms with Gasteiger partial charge in [-0.05, 0) is 23.3 Å². The molecule has 5 nitrogen and oxygen atoms in total. The monoisotopic (exact) mass is 312 g/mol. The van der Waals surface area contributed by atoms with E-state index in [0.717, 1.165) is 16.7 Å². The third-order valence-corrected chi connectivity index (χ3v) is 3.44. The standard InChI is InChI=1S/C17H13FN2O3/c18-14-8-12(9-19-10-14)6-7-16(21)20-15(11-23-17(20)22)13-4-2-1-3-5-13/h1-10,15H,11H2. The zero-order chi connectivity index (χ0) is 16.2. The van der Waals surface area contributed by atoms with E-state index in [1.165, 1.54) is 24.4 Å². The number of ether oxygens (including phenoxy) is 1. The van der Waals surface area contributed by atoms with Crippen LogP contribution in [0.5, 0.6) is 0 Å². The minimum Gasteiger partial charge on any atom is -0.446 e. The van der Waals surface area contributed by atoms with Crippen LogP contribution in [0.15, 0.2) is 54.9 Å². The fourth-order valence-corrected chi connectivity index (χ4v) is 2.35. The Labute approximate surface area is 132 Å². The fourth-order valence-electron chi connectivity index (χ4n) is 2.35. The van der Waals surface area contributed by atoms with E-state index in [9.17, 15) is 14.0 Å². The molecule has 3 rings (SSSR count). The number of nitrogens with zero attached hydrogens (tertiary/aromatic N) is 2. The number of hydrogen-bond acceptors (Lipinski definition) is 4. The van der Waals surface area contributed by atoms with E-state index >= 15 is 0 Å². The van der Waals surface area contributed by atoms with Gasteiger partial charge >= 0.3 is 6.09 Å². The van der Waals surface area contributed by atoms with Crippen LogP contribution in [0.2, 0.25) is 0 Å². The summed E-state index contributed by atoms with van der Waals surface area (Å²) in [5.74, 6) is -1.02. The van der Waals surface area contributed by atoms with Gasteiger partial charge < -0.3 is 4.74 Å². The highest BCUT2D eigenvalue weighted by atomic mass is 19.1. The highest BCUT2D eigenvalue weighted by molar-refractivity contribution is 6.02. The number of halogens is 1. The molecule has 1 aliphatic rings. The van der Waals surface area contributed by atoms with Crippen LogP contribution in [-0.2, 0) is 9.53 Å². The molecule has 1 saturated heterocycles. The van der Waals surface area contributed by atoms with Gasteiger partial charge in [0.05, 0.1) is 6.20 Å². The predicted octanol–water partition coefficient (Wildman–Crippen LogP) is 2.95. The predicted molar refractivity (Wildman–Crippen MR) is 80.6 cm³/mol. The van der Waals surface area contributed by atoms with Gasteiger partial charge in [0, 0.05) is 12.3 Å². The van der Waals surface area contributed by atoms with E-state index < -0.39 is 23.9 Å². The molecule has 1 aromatic heterocycles. The van der Waals surface area contributed by atoms with Crippen molar-refractivity contribution >= 4 is 18.1 Å². The molecule has 1 unspecified atom stereocenters. The summed E-state index contributed by atoms with van der Waals surface area (Å²) in [4.78, 5) is 28.9. The number of amides is 2. The van der Waals surface area contributed by atoms with Crippen molar-refractivity contribution in [1.29, 1.82) is 0 Å². The first kappa shape index (κ1) is 14.9. The van der Waals surface area contributed by atoms with E-state index in [2.05, 4.69) is 4.98 Å². The summed E-state index contributed by atoms with van der Waals surface area (Å²) in [7, 11) is 0. The van der Waals surface area contributed by atoms with E-state index in [1.807, 2.05) is 30.3 Å². The molecule has 0 aliphatic carbocycles. The fraction of sp³-hybridized carbons (Fsp3) is 0.118. The zero-order valence-corrected chi connectivity index (χ0v) is 12.1. The average molecular weight is 312 g/mol. The second-order valence-corrected chi connectivity index (χ2v) is 4.98. The number of carbonyl (C=O) groups is 2. The zero-order valence-electron chi connectivity index (χ0n) is 12.1. The van der Waals surface area contributed by atoms with Gasteiger partial charge in [0.2, 0.25) is 0 Å². The summed E-state index contributed by atoms with van der Waals surface area (Å²) in [5.41, 5.74) is 1.25. The molecule has 0 radical (unpaired) electrons. The summed E-state index contributed by atoms with van der Waals surface area (Å²) >= 11 is 0. The van der Waals surface area contributed by atoms with Crippen molar-refractivity contribution in [1.82, 2.24) is 9.88 Å². The lowest BCUT2D eigenvalue weighted by molar-refractivity contribution is -0.124. The summed E-state index contributed by atoms with van der Waals surface area (Å²) in [5, 5.41) is 0. The quantitative estimate of drug-likeness (QED) is 0.818. The Balaban J connectivity index is 1.80. The number of cyclic esters (lactones) is 1. The molecule has 6 heteroatoms. The number of pyridine rings is 1. The molecular weight excluding hydrogens is 299 g/mol. The van der Waals surface area contributed by atoms with Gasteiger partial charge in [-0.1, -0.05) is 30.3 Å². The van der Waals surface area contributed by atoms with Crippen LogP contribution in [0.1, 0.15) is 17.2 Å². The van der Waals surface area contributed by atoms with E-state index in [0.29, 0.717) is 5.56 Å². The Morgan fingerprint density at radius 1 is 1.30 bits per heavy atom. The van der Waals surface area contributed by atoms with Crippen molar-refractivity contribution in [3.63, 3.8) is 0 Å². The Hall–Kier alpha value is -3.02. The van der Waals surface area contributed by atoms with E-state index in [1.54, 1.807) is 0 Å². The molecule has 0 N–H and O–H groups in total. The van der Waals surface area contributed by atoms with Gasteiger partial charge in [-0.15, -0.1) is 0 Å². The van der Waals surface area contributed by atoms with Crippen LogP contribution in [-0.4, -0.2) is 28.5 Å². The maximum absolute atomic E-state index is 13.1. The van der Waals surface area contributed by atoms with Gasteiger partial charge in [0.15, 0.2) is 0 Å². The van der Waals surface area contributed by atoms with Crippen LogP contribution in [0.3, 0.4) is 0 Å². The first-order valence-corrected chi connectivity index (χ1v) is 6.98. The number of rotatable bonds is 3. The number of benzene rings is 1. The van der Waals surface area contributed by atoms with Crippen molar-refractivity contribution in [2.45, 2.75) is 6.04 Å². The summed E-state index contributed by atoms with van der Waals surface area (Å²) in [6, 6.07) is 9.94. The minimum atomic E-state index is -0.689. The smallest absolute Gasteiger partial charge is 0.417 e. The molecule has 2 heterocycles. The van der Waals surface area contributed by atoms with E-state index in [-0.39, 0.29) is 6.61 Å². The largest absolute Gasteiger partial charge is 0.446 e. The molecule has 0 spiro atoms. The lowest BCUT2D eigenvalue weighted by atomic mass is 10.1. The minimum absolute atomic E-state index is 0.115. The molecule has 2 aromatic rings. The number of imide groups is 1. The molecule has 0 saturated carbocycles. The Bertz CT molecular complexity index is 761. The first-order valence-electron chi connectivity index (χ1n) is 6.98. The molecule has 1 fully saturated rings. The van der Waals surface area contributed by atoms with Crippen LogP contribution < -0.4 is 0 Å². The first-order chi connectivity index (χ1) is 11.1. The van der Waals surface area contributed by atoms with Crippen molar-refractivity contribution < 1.29 is 18.7 Å². The molecule has 116 valence electrons. The Morgan fingerprint density at radius 3 is 2.83 bits per heavy atom. The second-order valence-electron chi connectivity index (χ2n) is 4.98. The van der Waals surface area contributed by atoms with Gasteiger partial charge in [0.1, 0.15) is 18.5 Å². The SMILES string of the molecule is O=C(C=Cc1cncc(F)c1)N1C(=O)OCC1c1ccccc1. The van der Waals surface area contributed by atoms with Crippen molar-refractivity contribution in [2.75, 3.05) is 6.61 Å². The molecule has 23 heavy (non-hydrogen) atoms. The average Bonchev–Trinajstić information content (AvgIpc) is 2.95. The van der Waals surface area contributed by atoms with Gasteiger partial charge in [0.25, 0.3) is 5.91 Å². The summed E-state index contributed by atoms with van der Waals surface area (Å²) in [6.45, 7) is 0.115. The molecule has 1 atom stereocenters. The highest BCUT2D eigenvalue weighted by Crippen LogP contribution is 2.27. The maximum Gasteiger partial charge on any atom is 0.417 e. The number of carbonyl (C=O) groups excluding carboxylic acids is 2. The Morgan fingerprint density at radius 2 is 2.09 bits per heavy atom. The molecule has 0 bridgehead atoms. The lowest BCUT2D eigenvalue weighted by Gasteiger charge is -2.18. The highest BCUT2D eigenvalue weighted by Gasteiger charge is 2.37. The van der Waals surface area contributed by atoms with Crippen LogP contribution in [0.4, 0.5) is 9.18 Å². The number of aromatic nitrogens is 1. The van der Waals surface area contributed by atoms with Gasteiger partial charge in [-0.3, -0.25) is 9.78 Å². The van der Waals surface area contributed by atoms with Crippen molar-refractivity contribution in [3.8, 4) is 0 Å². The normalized spacial score (nSPS) is 17.5. The topological polar surface area (TPSA) is 59.5 Å². The lowest BCUT2D eigenvalue weighted by Crippen LogP contribution is -2.32. The Kier molecular flexibility index (Phi) is 4.14. The molecule has 1 aliphatic heterocycles. The van der Waals surface area contributed by atoms with Gasteiger partial charge in [-0.25, -0.2) is 14.1 Å². The number of hydrogen-bond donors (Lipinski definition) is 0. The third kappa shape index (κ3) is 3.26. The van der Waals surface area contributed by atoms with Crippen LogP contribution in [0, 0.1) is 5.82 Å². The molecular formula is C17H13FN2O3. The van der Waals surface area contributed by atoms with Crippen LogP contribution >= 0.6 is 0 Å². The third-order valence-electron chi connectivity index (χ3n) is 3.44. The maximum atomic E-state index is 13.1. The second kappa shape index (κ2) is 6.39. The van der Waals surface area contributed by atoms with E-state index in [4.69, 9.17) is 4.74 Å². The summed E-state index contributed by atoms with van der Waals surface area (Å²) in [6.07, 6.45) is 4.42. The van der Waals surface area contributed by atoms with Gasteiger partial charge in [-0.2, -0.15) is 0 Å². The van der Waals surface area contributed by atoms with Crippen molar-refractivity contribution in [2.24, 2.45) is 0 Å². The molecule has 1 aromatic carbocycles. The van der Waals surface area contributed by atoms with Crippen LogP contribution in [0.25, 0.3) is 6.08 Å². The molecule has 2 amide bonds. The van der Waals surface area contributed by atoms with Crippen molar-refractivity contribution in [3.05, 3.63) is 71.8 Å². The summed E-state index contributed by atoms with van der Waals surface area (Å²) < 4.78 is 18.1.